The van der Waals surface area contributed by atoms with E-state index in [0.717, 1.165) is 19.3 Å². The minimum atomic E-state index is -0.587. The van der Waals surface area contributed by atoms with E-state index in [1.807, 2.05) is 6.08 Å². The van der Waals surface area contributed by atoms with E-state index < -0.39 is 6.10 Å². The summed E-state index contributed by atoms with van der Waals surface area (Å²) in [7, 11) is 0. The molecule has 0 rings (SSSR count). The molecule has 3 nitrogen and oxygen atoms in total. The smallest absolute Gasteiger partial charge is 0.217 e. The van der Waals surface area contributed by atoms with E-state index in [-0.39, 0.29) is 11.9 Å². The third-order valence-electron chi connectivity index (χ3n) is 2.00. The zero-order valence-corrected chi connectivity index (χ0v) is 9.29. The highest BCUT2D eigenvalue weighted by Gasteiger charge is 2.10. The SMILES string of the molecule is CCCC/C=C/[C@@H](O)[C@H](C)NC(C)=O. The van der Waals surface area contributed by atoms with Crippen molar-refractivity contribution in [2.45, 2.75) is 52.2 Å². The highest BCUT2D eigenvalue weighted by Crippen LogP contribution is 1.99. The number of hydrogen-bond donors (Lipinski definition) is 2. The lowest BCUT2D eigenvalue weighted by atomic mass is 10.1. The summed E-state index contributed by atoms with van der Waals surface area (Å²) in [5, 5.41) is 12.2. The number of rotatable bonds is 6. The Morgan fingerprint density at radius 3 is 2.71 bits per heavy atom. The predicted octanol–water partition coefficient (Wildman–Crippen LogP) is 1.62. The number of unbranched alkanes of at least 4 members (excludes halogenated alkanes) is 2. The van der Waals surface area contributed by atoms with Gasteiger partial charge >= 0.3 is 0 Å². The van der Waals surface area contributed by atoms with Crippen LogP contribution in [-0.2, 0) is 4.79 Å². The van der Waals surface area contributed by atoms with Gasteiger partial charge in [-0.25, -0.2) is 0 Å². The summed E-state index contributed by atoms with van der Waals surface area (Å²) < 4.78 is 0. The van der Waals surface area contributed by atoms with E-state index in [2.05, 4.69) is 12.2 Å². The van der Waals surface area contributed by atoms with Gasteiger partial charge in [-0.3, -0.25) is 4.79 Å². The number of aliphatic hydroxyl groups excluding tert-OH is 1. The summed E-state index contributed by atoms with van der Waals surface area (Å²) in [4.78, 5) is 10.7. The third kappa shape index (κ3) is 6.66. The zero-order valence-electron chi connectivity index (χ0n) is 9.29. The van der Waals surface area contributed by atoms with Gasteiger partial charge in [0.1, 0.15) is 0 Å². The maximum atomic E-state index is 10.7. The molecule has 2 N–H and O–H groups in total. The largest absolute Gasteiger partial charge is 0.387 e. The summed E-state index contributed by atoms with van der Waals surface area (Å²) in [6.07, 6.45) is 6.40. The van der Waals surface area contributed by atoms with Crippen LogP contribution < -0.4 is 5.32 Å². The van der Waals surface area contributed by atoms with Gasteiger partial charge in [0.25, 0.3) is 0 Å². The monoisotopic (exact) mass is 199 g/mol. The molecule has 1 amide bonds. The van der Waals surface area contributed by atoms with Crippen LogP contribution in [0.15, 0.2) is 12.2 Å². The second-order valence-corrected chi connectivity index (χ2v) is 3.55. The maximum absolute atomic E-state index is 10.7. The van der Waals surface area contributed by atoms with Crippen molar-refractivity contribution in [1.82, 2.24) is 5.32 Å². The first-order chi connectivity index (χ1) is 6.57. The van der Waals surface area contributed by atoms with Crippen molar-refractivity contribution < 1.29 is 9.90 Å². The van der Waals surface area contributed by atoms with Crippen LogP contribution in [0.2, 0.25) is 0 Å². The number of nitrogens with one attached hydrogen (secondary N) is 1. The molecule has 0 heterocycles. The average Bonchev–Trinajstić information content (AvgIpc) is 2.11. The van der Waals surface area contributed by atoms with E-state index in [4.69, 9.17) is 0 Å². The normalized spacial score (nSPS) is 15.4. The Morgan fingerprint density at radius 1 is 1.57 bits per heavy atom. The van der Waals surface area contributed by atoms with E-state index in [0.29, 0.717) is 0 Å². The van der Waals surface area contributed by atoms with Crippen LogP contribution in [0.5, 0.6) is 0 Å². The highest BCUT2D eigenvalue weighted by atomic mass is 16.3. The lowest BCUT2D eigenvalue weighted by molar-refractivity contribution is -0.120. The maximum Gasteiger partial charge on any atom is 0.217 e. The minimum absolute atomic E-state index is 0.112. The summed E-state index contributed by atoms with van der Waals surface area (Å²) in [5.74, 6) is -0.112. The fourth-order valence-electron chi connectivity index (χ4n) is 1.13. The number of aliphatic hydroxyl groups is 1. The van der Waals surface area contributed by atoms with Gasteiger partial charge in [-0.1, -0.05) is 31.9 Å². The lowest BCUT2D eigenvalue weighted by Crippen LogP contribution is -2.38. The molecule has 0 aliphatic rings. The topological polar surface area (TPSA) is 49.3 Å². The summed E-state index contributed by atoms with van der Waals surface area (Å²) in [6, 6.07) is -0.217. The zero-order chi connectivity index (χ0) is 11.0. The van der Waals surface area contributed by atoms with E-state index in [1.165, 1.54) is 6.92 Å². The molecule has 0 spiro atoms. The molecule has 3 heteroatoms. The minimum Gasteiger partial charge on any atom is -0.387 e. The fraction of sp³-hybridized carbons (Fsp3) is 0.727. The first-order valence-corrected chi connectivity index (χ1v) is 5.19. The van der Waals surface area contributed by atoms with E-state index >= 15 is 0 Å². The van der Waals surface area contributed by atoms with Crippen molar-refractivity contribution in [2.24, 2.45) is 0 Å². The van der Waals surface area contributed by atoms with Gasteiger partial charge in [-0.15, -0.1) is 0 Å². The van der Waals surface area contributed by atoms with E-state index in [9.17, 15) is 9.90 Å². The Bertz CT molecular complexity index is 190. The quantitative estimate of drug-likeness (QED) is 0.504. The number of carbonyl (C=O) groups is 1. The molecule has 0 saturated heterocycles. The second-order valence-electron chi connectivity index (χ2n) is 3.55. The Morgan fingerprint density at radius 2 is 2.21 bits per heavy atom. The predicted molar refractivity (Wildman–Crippen MR) is 58.0 cm³/mol. The van der Waals surface area contributed by atoms with Crippen molar-refractivity contribution in [3.8, 4) is 0 Å². The molecule has 0 aromatic carbocycles. The number of allylic oxidation sites excluding steroid dienone is 1. The highest BCUT2D eigenvalue weighted by molar-refractivity contribution is 5.73. The fourth-order valence-corrected chi connectivity index (χ4v) is 1.13. The van der Waals surface area contributed by atoms with Crippen molar-refractivity contribution in [1.29, 1.82) is 0 Å². The van der Waals surface area contributed by atoms with Crippen LogP contribution in [-0.4, -0.2) is 23.2 Å². The third-order valence-corrected chi connectivity index (χ3v) is 2.00. The van der Waals surface area contributed by atoms with Gasteiger partial charge in [0.2, 0.25) is 5.91 Å². The molecule has 0 fully saturated rings. The molecule has 0 unspecified atom stereocenters. The summed E-state index contributed by atoms with van der Waals surface area (Å²) >= 11 is 0. The molecule has 0 aliphatic heterocycles. The Balaban J connectivity index is 3.76. The van der Waals surface area contributed by atoms with Gasteiger partial charge in [0.05, 0.1) is 12.1 Å². The first kappa shape index (κ1) is 13.2. The van der Waals surface area contributed by atoms with Crippen molar-refractivity contribution in [2.75, 3.05) is 0 Å². The first-order valence-electron chi connectivity index (χ1n) is 5.19. The molecule has 14 heavy (non-hydrogen) atoms. The van der Waals surface area contributed by atoms with Gasteiger partial charge in [-0.2, -0.15) is 0 Å². The van der Waals surface area contributed by atoms with Crippen LogP contribution in [0.3, 0.4) is 0 Å². The van der Waals surface area contributed by atoms with Gasteiger partial charge in [0.15, 0.2) is 0 Å². The average molecular weight is 199 g/mol. The molecule has 2 atom stereocenters. The number of amides is 1. The van der Waals surface area contributed by atoms with E-state index in [1.54, 1.807) is 13.0 Å². The molecule has 0 radical (unpaired) electrons. The van der Waals surface area contributed by atoms with Gasteiger partial charge in [-0.05, 0) is 13.3 Å². The molecule has 0 aromatic heterocycles. The number of carbonyl (C=O) groups excluding carboxylic acids is 1. The van der Waals surface area contributed by atoms with Crippen LogP contribution in [0.25, 0.3) is 0 Å². The molecule has 0 aromatic rings. The molecule has 0 aliphatic carbocycles. The summed E-state index contributed by atoms with van der Waals surface area (Å²) in [5.41, 5.74) is 0. The molecular weight excluding hydrogens is 178 g/mol. The van der Waals surface area contributed by atoms with Crippen LogP contribution in [0.1, 0.15) is 40.0 Å². The van der Waals surface area contributed by atoms with Gasteiger partial charge < -0.3 is 10.4 Å². The lowest BCUT2D eigenvalue weighted by Gasteiger charge is -2.15. The molecule has 0 saturated carbocycles. The Hall–Kier alpha value is -0.830. The van der Waals surface area contributed by atoms with Crippen LogP contribution >= 0.6 is 0 Å². The molecule has 0 bridgehead atoms. The van der Waals surface area contributed by atoms with Gasteiger partial charge in [0, 0.05) is 6.92 Å². The second kappa shape index (κ2) is 7.56. The van der Waals surface area contributed by atoms with Crippen molar-refractivity contribution in [3.63, 3.8) is 0 Å². The van der Waals surface area contributed by atoms with Crippen molar-refractivity contribution >= 4 is 5.91 Å². The van der Waals surface area contributed by atoms with Crippen LogP contribution in [0.4, 0.5) is 0 Å². The Kier molecular flexibility index (Phi) is 7.11. The number of hydrogen-bond acceptors (Lipinski definition) is 2. The Labute approximate surface area is 86.2 Å². The molecule has 82 valence electrons. The van der Waals surface area contributed by atoms with Crippen LogP contribution in [0, 0.1) is 0 Å². The standard InChI is InChI=1S/C11H21NO2/c1-4-5-6-7-8-11(14)9(2)12-10(3)13/h7-9,11,14H,4-6H2,1-3H3,(H,12,13)/b8-7+/t9-,11+/m0/s1. The summed E-state index contributed by atoms with van der Waals surface area (Å²) in [6.45, 7) is 5.37. The molecular formula is C11H21NO2. The van der Waals surface area contributed by atoms with Crippen molar-refractivity contribution in [3.05, 3.63) is 12.2 Å².